The summed E-state index contributed by atoms with van der Waals surface area (Å²) in [5.41, 5.74) is 0. The van der Waals surface area contributed by atoms with Crippen molar-refractivity contribution in [2.75, 3.05) is 12.4 Å². The summed E-state index contributed by atoms with van der Waals surface area (Å²) in [4.78, 5) is 11.2. The summed E-state index contributed by atoms with van der Waals surface area (Å²) >= 11 is 1.47. The van der Waals surface area contributed by atoms with Gasteiger partial charge in [0.1, 0.15) is 0 Å². The molecule has 0 radical (unpaired) electrons. The quantitative estimate of drug-likeness (QED) is 0.425. The molecule has 96 valence electrons. The minimum atomic E-state index is -0.561. The average Bonchev–Trinajstić information content (AvgIpc) is 2.73. The minimum Gasteiger partial charge on any atom is -0.459 e. The van der Waals surface area contributed by atoms with Gasteiger partial charge in [0.2, 0.25) is 0 Å². The predicted octanol–water partition coefficient (Wildman–Crippen LogP) is 2.77. The Bertz CT molecular complexity index is 352. The summed E-state index contributed by atoms with van der Waals surface area (Å²) in [6, 6.07) is 0. The number of esters is 1. The van der Waals surface area contributed by atoms with Crippen LogP contribution in [0.1, 0.15) is 44.3 Å². The molecule has 0 aromatic carbocycles. The van der Waals surface area contributed by atoms with Crippen molar-refractivity contribution in [3.63, 3.8) is 0 Å². The lowest BCUT2D eigenvalue weighted by molar-refractivity contribution is 0.0475. The highest BCUT2D eigenvalue weighted by Gasteiger charge is 2.15. The first-order valence-corrected chi connectivity index (χ1v) is 6.75. The number of hydrogen-bond acceptors (Lipinski definition) is 6. The van der Waals surface area contributed by atoms with E-state index in [-0.39, 0.29) is 5.89 Å². The molecule has 0 amide bonds. The third kappa shape index (κ3) is 5.21. The first-order chi connectivity index (χ1) is 8.13. The van der Waals surface area contributed by atoms with Crippen molar-refractivity contribution in [2.24, 2.45) is 5.92 Å². The molecule has 1 rings (SSSR count). The number of aromatic nitrogens is 2. The maximum Gasteiger partial charge on any atom is 0.396 e. The highest BCUT2D eigenvalue weighted by atomic mass is 32.2. The molecule has 0 N–H and O–H groups in total. The molecule has 1 heterocycles. The normalized spacial score (nSPS) is 10.8. The van der Waals surface area contributed by atoms with Crippen LogP contribution in [0.15, 0.2) is 9.64 Å². The summed E-state index contributed by atoms with van der Waals surface area (Å²) < 4.78 is 9.93. The topological polar surface area (TPSA) is 65.2 Å². The van der Waals surface area contributed by atoms with Crippen molar-refractivity contribution in [3.05, 3.63) is 5.89 Å². The lowest BCUT2D eigenvalue weighted by Crippen LogP contribution is -2.04. The van der Waals surface area contributed by atoms with Crippen LogP contribution < -0.4 is 0 Å². The summed E-state index contributed by atoms with van der Waals surface area (Å²) in [6.07, 6.45) is 2.27. The lowest BCUT2D eigenvalue weighted by Gasteiger charge is -2.01. The SMILES string of the molecule is CCOC(=O)c1nnc(SCCCC(C)C)o1. The van der Waals surface area contributed by atoms with E-state index in [1.165, 1.54) is 18.2 Å². The van der Waals surface area contributed by atoms with Gasteiger partial charge in [-0.05, 0) is 19.3 Å². The second kappa shape index (κ2) is 7.32. The Morgan fingerprint density at radius 2 is 2.24 bits per heavy atom. The smallest absolute Gasteiger partial charge is 0.396 e. The molecular weight excluding hydrogens is 240 g/mol. The zero-order valence-electron chi connectivity index (χ0n) is 10.4. The zero-order chi connectivity index (χ0) is 12.7. The first-order valence-electron chi connectivity index (χ1n) is 5.77. The third-order valence-corrected chi connectivity index (χ3v) is 2.91. The molecule has 0 bridgehead atoms. The molecule has 1 aromatic rings. The fraction of sp³-hybridized carbons (Fsp3) is 0.727. The van der Waals surface area contributed by atoms with Crippen LogP contribution in [0, 0.1) is 5.92 Å². The van der Waals surface area contributed by atoms with Gasteiger partial charge < -0.3 is 9.15 Å². The third-order valence-electron chi connectivity index (χ3n) is 2.01. The van der Waals surface area contributed by atoms with E-state index in [1.54, 1.807) is 6.92 Å². The molecule has 6 heteroatoms. The molecule has 0 unspecified atom stereocenters. The molecule has 0 saturated carbocycles. The van der Waals surface area contributed by atoms with Gasteiger partial charge in [0.25, 0.3) is 5.22 Å². The van der Waals surface area contributed by atoms with Gasteiger partial charge in [-0.15, -0.1) is 5.10 Å². The molecule has 17 heavy (non-hydrogen) atoms. The maximum absolute atomic E-state index is 11.2. The standard InChI is InChI=1S/C11H18N2O3S/c1-4-15-10(14)9-12-13-11(16-9)17-7-5-6-8(2)3/h8H,4-7H2,1-3H3. The lowest BCUT2D eigenvalue weighted by atomic mass is 10.1. The molecule has 0 saturated heterocycles. The van der Waals surface area contributed by atoms with Crippen LogP contribution >= 0.6 is 11.8 Å². The van der Waals surface area contributed by atoms with Crippen LogP contribution in [0.2, 0.25) is 0 Å². The minimum absolute atomic E-state index is 0.0711. The number of carbonyl (C=O) groups is 1. The summed E-state index contributed by atoms with van der Waals surface area (Å²) in [5, 5.41) is 7.85. The van der Waals surface area contributed by atoms with Crippen molar-refractivity contribution in [1.82, 2.24) is 10.2 Å². The monoisotopic (exact) mass is 258 g/mol. The Labute approximate surface area is 105 Å². The molecule has 0 spiro atoms. The van der Waals surface area contributed by atoms with Gasteiger partial charge in [-0.2, -0.15) is 0 Å². The molecule has 0 aliphatic rings. The Morgan fingerprint density at radius 1 is 1.47 bits per heavy atom. The molecule has 0 atom stereocenters. The van der Waals surface area contributed by atoms with Gasteiger partial charge in [-0.1, -0.05) is 37.1 Å². The van der Waals surface area contributed by atoms with E-state index in [2.05, 4.69) is 24.0 Å². The highest BCUT2D eigenvalue weighted by molar-refractivity contribution is 7.99. The molecule has 0 aliphatic heterocycles. The summed E-state index contributed by atoms with van der Waals surface area (Å²) in [7, 11) is 0. The van der Waals surface area contributed by atoms with Crippen LogP contribution in [0.4, 0.5) is 0 Å². The molecular formula is C11H18N2O3S. The summed E-state index contributed by atoms with van der Waals surface area (Å²) in [5.74, 6) is 0.989. The van der Waals surface area contributed by atoms with Crippen molar-refractivity contribution in [3.8, 4) is 0 Å². The van der Waals surface area contributed by atoms with Crippen LogP contribution in [0.25, 0.3) is 0 Å². The van der Waals surface area contributed by atoms with Crippen LogP contribution in [0.5, 0.6) is 0 Å². The largest absolute Gasteiger partial charge is 0.459 e. The average molecular weight is 258 g/mol. The van der Waals surface area contributed by atoms with Gasteiger partial charge in [0, 0.05) is 5.75 Å². The zero-order valence-corrected chi connectivity index (χ0v) is 11.2. The number of thioether (sulfide) groups is 1. The van der Waals surface area contributed by atoms with Crippen LogP contribution in [-0.2, 0) is 4.74 Å². The van der Waals surface area contributed by atoms with Crippen LogP contribution in [-0.4, -0.2) is 28.5 Å². The van der Waals surface area contributed by atoms with Crippen LogP contribution in [0.3, 0.4) is 0 Å². The number of ether oxygens (including phenoxy) is 1. The van der Waals surface area contributed by atoms with Gasteiger partial charge in [-0.3, -0.25) is 0 Å². The van der Waals surface area contributed by atoms with Gasteiger partial charge in [0.15, 0.2) is 0 Å². The van der Waals surface area contributed by atoms with Crippen molar-refractivity contribution in [1.29, 1.82) is 0 Å². The number of rotatable bonds is 7. The van der Waals surface area contributed by atoms with E-state index in [1.807, 2.05) is 0 Å². The highest BCUT2D eigenvalue weighted by Crippen LogP contribution is 2.19. The van der Waals surface area contributed by atoms with E-state index in [0.29, 0.717) is 17.7 Å². The Balaban J connectivity index is 2.33. The first kappa shape index (κ1) is 14.0. The Kier molecular flexibility index (Phi) is 6.04. The molecule has 0 aliphatic carbocycles. The fourth-order valence-electron chi connectivity index (χ4n) is 1.19. The van der Waals surface area contributed by atoms with Crippen molar-refractivity contribution < 1.29 is 13.9 Å². The molecule has 0 fully saturated rings. The second-order valence-electron chi connectivity index (χ2n) is 3.98. The van der Waals surface area contributed by atoms with E-state index in [9.17, 15) is 4.79 Å². The fourth-order valence-corrected chi connectivity index (χ4v) is 1.92. The second-order valence-corrected chi connectivity index (χ2v) is 5.02. The summed E-state index contributed by atoms with van der Waals surface area (Å²) in [6.45, 7) is 6.42. The predicted molar refractivity (Wildman–Crippen MR) is 65.1 cm³/mol. The van der Waals surface area contributed by atoms with E-state index in [4.69, 9.17) is 9.15 Å². The maximum atomic E-state index is 11.2. The van der Waals surface area contributed by atoms with Gasteiger partial charge >= 0.3 is 11.9 Å². The molecule has 1 aromatic heterocycles. The number of nitrogens with zero attached hydrogens (tertiary/aromatic N) is 2. The van der Waals surface area contributed by atoms with Crippen molar-refractivity contribution >= 4 is 17.7 Å². The van der Waals surface area contributed by atoms with Gasteiger partial charge in [-0.25, -0.2) is 4.79 Å². The molecule has 5 nitrogen and oxygen atoms in total. The van der Waals surface area contributed by atoms with Crippen molar-refractivity contribution in [2.45, 2.75) is 38.8 Å². The van der Waals surface area contributed by atoms with E-state index < -0.39 is 5.97 Å². The Morgan fingerprint density at radius 3 is 2.88 bits per heavy atom. The van der Waals surface area contributed by atoms with E-state index in [0.717, 1.165) is 12.2 Å². The Hall–Kier alpha value is -1.04. The number of hydrogen-bond donors (Lipinski definition) is 0. The number of carbonyl (C=O) groups excluding carboxylic acids is 1. The van der Waals surface area contributed by atoms with Gasteiger partial charge in [0.05, 0.1) is 6.61 Å². The van der Waals surface area contributed by atoms with E-state index >= 15 is 0 Å².